The van der Waals surface area contributed by atoms with Gasteiger partial charge in [-0.15, -0.1) is 0 Å². The van der Waals surface area contributed by atoms with Gasteiger partial charge in [0.2, 0.25) is 0 Å². The Labute approximate surface area is 128 Å². The maximum atomic E-state index is 13.8. The van der Waals surface area contributed by atoms with Crippen molar-refractivity contribution in [2.75, 3.05) is 27.2 Å². The highest BCUT2D eigenvalue weighted by atomic mass is 32.1. The van der Waals surface area contributed by atoms with Gasteiger partial charge >= 0.3 is 0 Å². The van der Waals surface area contributed by atoms with Crippen LogP contribution in [-0.2, 0) is 0 Å². The Morgan fingerprint density at radius 3 is 2.86 bits per heavy atom. The molecule has 2 aromatic rings. The number of halogens is 1. The van der Waals surface area contributed by atoms with E-state index in [0.29, 0.717) is 16.7 Å². The molecule has 1 fully saturated rings. The maximum absolute atomic E-state index is 13.8. The van der Waals surface area contributed by atoms with Crippen molar-refractivity contribution in [1.29, 1.82) is 0 Å². The second-order valence-electron chi connectivity index (χ2n) is 5.90. The number of H-pyrrole nitrogens is 1. The number of piperidine rings is 1. The molecule has 3 rings (SSSR count). The lowest BCUT2D eigenvalue weighted by Crippen LogP contribution is -2.37. The number of nitrogens with one attached hydrogen (secondary N) is 1. The SMILES string of the molecule is COc1cc2c(cc1F)[nH]c(=S)n2C1CCN(C)CC1C. The van der Waals surface area contributed by atoms with E-state index < -0.39 is 0 Å². The Kier molecular flexibility index (Phi) is 3.75. The number of fused-ring (bicyclic) bond motifs is 1. The van der Waals surface area contributed by atoms with Crippen molar-refractivity contribution in [3.8, 4) is 5.75 Å². The third-order valence-corrected chi connectivity index (χ3v) is 4.68. The number of hydrogen-bond donors (Lipinski definition) is 1. The van der Waals surface area contributed by atoms with Crippen LogP contribution in [0.15, 0.2) is 12.1 Å². The van der Waals surface area contributed by atoms with Gasteiger partial charge in [-0.2, -0.15) is 0 Å². The molecule has 0 bridgehead atoms. The van der Waals surface area contributed by atoms with Gasteiger partial charge in [0, 0.05) is 24.7 Å². The van der Waals surface area contributed by atoms with Crippen molar-refractivity contribution in [3.05, 3.63) is 22.7 Å². The summed E-state index contributed by atoms with van der Waals surface area (Å²) in [6, 6.07) is 3.53. The molecule has 114 valence electrons. The van der Waals surface area contributed by atoms with E-state index in [9.17, 15) is 4.39 Å². The molecule has 0 aliphatic carbocycles. The molecule has 1 N–H and O–H groups in total. The highest BCUT2D eigenvalue weighted by Gasteiger charge is 2.27. The second kappa shape index (κ2) is 5.42. The van der Waals surface area contributed by atoms with E-state index in [1.807, 2.05) is 0 Å². The molecular formula is C15H20FN3OS. The van der Waals surface area contributed by atoms with Gasteiger partial charge in [-0.3, -0.25) is 0 Å². The number of nitrogens with zero attached hydrogens (tertiary/aromatic N) is 2. The number of methoxy groups -OCH3 is 1. The van der Waals surface area contributed by atoms with Crippen LogP contribution in [0.2, 0.25) is 0 Å². The Morgan fingerprint density at radius 2 is 2.19 bits per heavy atom. The molecule has 21 heavy (non-hydrogen) atoms. The van der Waals surface area contributed by atoms with Crippen molar-refractivity contribution in [2.45, 2.75) is 19.4 Å². The van der Waals surface area contributed by atoms with E-state index in [1.54, 1.807) is 6.07 Å². The van der Waals surface area contributed by atoms with E-state index in [-0.39, 0.29) is 11.6 Å². The largest absolute Gasteiger partial charge is 0.494 e. The molecule has 1 aromatic carbocycles. The lowest BCUT2D eigenvalue weighted by molar-refractivity contribution is 0.160. The van der Waals surface area contributed by atoms with E-state index in [0.717, 1.165) is 30.5 Å². The Bertz CT molecular complexity index is 724. The van der Waals surface area contributed by atoms with Gasteiger partial charge in [-0.1, -0.05) is 6.92 Å². The predicted octanol–water partition coefficient (Wildman–Crippen LogP) is 3.36. The number of imidazole rings is 1. The highest BCUT2D eigenvalue weighted by Crippen LogP contribution is 2.33. The first-order chi connectivity index (χ1) is 10.0. The van der Waals surface area contributed by atoms with Gasteiger partial charge in [-0.25, -0.2) is 4.39 Å². The van der Waals surface area contributed by atoms with Crippen LogP contribution >= 0.6 is 12.2 Å². The quantitative estimate of drug-likeness (QED) is 0.864. The van der Waals surface area contributed by atoms with Crippen LogP contribution in [0.1, 0.15) is 19.4 Å². The van der Waals surface area contributed by atoms with Gasteiger partial charge in [0.15, 0.2) is 16.3 Å². The first-order valence-corrected chi connectivity index (χ1v) is 7.58. The minimum Gasteiger partial charge on any atom is -0.494 e. The summed E-state index contributed by atoms with van der Waals surface area (Å²) >= 11 is 5.47. The number of benzene rings is 1. The summed E-state index contributed by atoms with van der Waals surface area (Å²) < 4.78 is 21.7. The molecule has 2 heterocycles. The summed E-state index contributed by atoms with van der Waals surface area (Å²) in [5.41, 5.74) is 1.64. The molecule has 1 saturated heterocycles. The van der Waals surface area contributed by atoms with Crippen molar-refractivity contribution in [2.24, 2.45) is 5.92 Å². The zero-order chi connectivity index (χ0) is 15.1. The number of likely N-dealkylation sites (tertiary alicyclic amines) is 1. The molecule has 6 heteroatoms. The third kappa shape index (κ3) is 2.46. The molecule has 4 nitrogen and oxygen atoms in total. The summed E-state index contributed by atoms with van der Waals surface area (Å²) in [6.45, 7) is 4.32. The summed E-state index contributed by atoms with van der Waals surface area (Å²) in [5, 5.41) is 0. The van der Waals surface area contributed by atoms with Crippen LogP contribution in [0.5, 0.6) is 5.75 Å². The minimum absolute atomic E-state index is 0.255. The first kappa shape index (κ1) is 14.5. The zero-order valence-electron chi connectivity index (χ0n) is 12.5. The van der Waals surface area contributed by atoms with Gasteiger partial charge < -0.3 is 19.2 Å². The Balaban J connectivity index is 2.13. The van der Waals surface area contributed by atoms with Crippen molar-refractivity contribution in [3.63, 3.8) is 0 Å². The molecule has 1 aromatic heterocycles. The molecule has 2 unspecified atom stereocenters. The number of ether oxygens (including phenoxy) is 1. The Hall–Kier alpha value is -1.40. The molecule has 0 spiro atoms. The fourth-order valence-electron chi connectivity index (χ4n) is 3.34. The average Bonchev–Trinajstić information content (AvgIpc) is 2.73. The van der Waals surface area contributed by atoms with Crippen molar-refractivity contribution >= 4 is 23.3 Å². The van der Waals surface area contributed by atoms with Crippen LogP contribution in [0.3, 0.4) is 0 Å². The monoisotopic (exact) mass is 309 g/mol. The summed E-state index contributed by atoms with van der Waals surface area (Å²) in [6.07, 6.45) is 1.04. The normalized spacial score (nSPS) is 23.6. The van der Waals surface area contributed by atoms with E-state index in [4.69, 9.17) is 17.0 Å². The maximum Gasteiger partial charge on any atom is 0.178 e. The standard InChI is InChI=1S/C15H20FN3OS/c1-9-8-18(2)5-4-12(9)19-13-7-14(20-3)10(16)6-11(13)17-15(19)21/h6-7,9,12H,4-5,8H2,1-3H3,(H,17,21). The number of rotatable bonds is 2. The fourth-order valence-corrected chi connectivity index (χ4v) is 3.68. The molecule has 1 aliphatic rings. The van der Waals surface area contributed by atoms with Crippen molar-refractivity contribution in [1.82, 2.24) is 14.5 Å². The summed E-state index contributed by atoms with van der Waals surface area (Å²) in [5.74, 6) is 0.376. The third-order valence-electron chi connectivity index (χ3n) is 4.38. The lowest BCUT2D eigenvalue weighted by atomic mass is 9.94. The number of aromatic amines is 1. The smallest absolute Gasteiger partial charge is 0.178 e. The van der Waals surface area contributed by atoms with E-state index in [1.165, 1.54) is 13.2 Å². The van der Waals surface area contributed by atoms with E-state index >= 15 is 0 Å². The molecule has 2 atom stereocenters. The van der Waals surface area contributed by atoms with Crippen LogP contribution in [0.25, 0.3) is 11.0 Å². The number of aromatic nitrogens is 2. The lowest BCUT2D eigenvalue weighted by Gasteiger charge is -2.35. The molecule has 0 amide bonds. The van der Waals surface area contributed by atoms with Gasteiger partial charge in [0.05, 0.1) is 18.1 Å². The first-order valence-electron chi connectivity index (χ1n) is 7.17. The van der Waals surface area contributed by atoms with Gasteiger partial charge in [-0.05, 0) is 38.1 Å². The van der Waals surface area contributed by atoms with Gasteiger partial charge in [0.25, 0.3) is 0 Å². The summed E-state index contributed by atoms with van der Waals surface area (Å²) in [4.78, 5) is 5.45. The molecule has 1 aliphatic heterocycles. The van der Waals surface area contributed by atoms with E-state index in [2.05, 4.69) is 28.4 Å². The topological polar surface area (TPSA) is 33.2 Å². The fraction of sp³-hybridized carbons (Fsp3) is 0.533. The summed E-state index contributed by atoms with van der Waals surface area (Å²) in [7, 11) is 3.62. The highest BCUT2D eigenvalue weighted by molar-refractivity contribution is 7.71. The van der Waals surface area contributed by atoms with Gasteiger partial charge in [0.1, 0.15) is 0 Å². The molecule has 0 saturated carbocycles. The average molecular weight is 309 g/mol. The second-order valence-corrected chi connectivity index (χ2v) is 6.29. The Morgan fingerprint density at radius 1 is 1.43 bits per heavy atom. The van der Waals surface area contributed by atoms with Crippen LogP contribution in [0.4, 0.5) is 4.39 Å². The van der Waals surface area contributed by atoms with Crippen LogP contribution in [-0.4, -0.2) is 41.7 Å². The van der Waals surface area contributed by atoms with Crippen molar-refractivity contribution < 1.29 is 9.13 Å². The predicted molar refractivity (Wildman–Crippen MR) is 83.9 cm³/mol. The number of hydrogen-bond acceptors (Lipinski definition) is 3. The zero-order valence-corrected chi connectivity index (χ0v) is 13.3. The van der Waals surface area contributed by atoms with Crippen LogP contribution in [0, 0.1) is 16.5 Å². The molecular weight excluding hydrogens is 289 g/mol. The minimum atomic E-state index is -0.371. The molecule has 0 radical (unpaired) electrons. The van der Waals surface area contributed by atoms with Crippen LogP contribution < -0.4 is 4.74 Å².